The van der Waals surface area contributed by atoms with Crippen molar-refractivity contribution in [1.29, 1.82) is 5.26 Å². The Bertz CT molecular complexity index is 368. The van der Waals surface area contributed by atoms with Crippen molar-refractivity contribution in [2.24, 2.45) is 0 Å². The van der Waals surface area contributed by atoms with Crippen molar-refractivity contribution in [2.45, 2.75) is 6.92 Å². The number of carbonyl (C=O) groups excluding carboxylic acids is 1. The lowest BCUT2D eigenvalue weighted by atomic mass is 10.1. The summed E-state index contributed by atoms with van der Waals surface area (Å²) >= 11 is 5.21. The largest absolute Gasteiger partial charge is 0.275 e. The molecule has 0 saturated heterocycles. The number of aromatic nitrogens is 1. The minimum Gasteiger partial charge on any atom is -0.275 e. The normalized spacial score (nSPS) is 9.08. The molecule has 0 aliphatic heterocycles. The van der Waals surface area contributed by atoms with Crippen molar-refractivity contribution in [2.75, 3.05) is 0 Å². The van der Waals surface area contributed by atoms with Gasteiger partial charge in [-0.3, -0.25) is 9.78 Å². The highest BCUT2D eigenvalue weighted by Crippen LogP contribution is 2.10. The quantitative estimate of drug-likeness (QED) is 0.618. The van der Waals surface area contributed by atoms with Gasteiger partial charge in [-0.05, 0) is 24.6 Å². The maximum absolute atomic E-state index is 10.7. The third-order valence-electron chi connectivity index (χ3n) is 1.37. The Morgan fingerprint density at radius 2 is 2.42 bits per heavy atom. The standard InChI is InChI=1S/C8H5ClN2O/c1-5-2-6(3-10)7(4-11-5)8(9)12/h2,4H,1H3. The lowest BCUT2D eigenvalue weighted by Crippen LogP contribution is -1.96. The van der Waals surface area contributed by atoms with Crippen LogP contribution in [0.2, 0.25) is 0 Å². The van der Waals surface area contributed by atoms with Crippen LogP contribution < -0.4 is 0 Å². The zero-order valence-electron chi connectivity index (χ0n) is 6.34. The van der Waals surface area contributed by atoms with Crippen molar-refractivity contribution >= 4 is 16.8 Å². The fourth-order valence-electron chi connectivity index (χ4n) is 0.809. The summed E-state index contributed by atoms with van der Waals surface area (Å²) in [5, 5.41) is 7.95. The molecule has 0 fully saturated rings. The van der Waals surface area contributed by atoms with Gasteiger partial charge in [0.05, 0.1) is 11.1 Å². The van der Waals surface area contributed by atoms with E-state index < -0.39 is 5.24 Å². The van der Waals surface area contributed by atoms with E-state index in [1.165, 1.54) is 12.3 Å². The molecule has 0 amide bonds. The second-order valence-electron chi connectivity index (χ2n) is 2.26. The molecule has 0 unspecified atom stereocenters. The fourth-order valence-corrected chi connectivity index (χ4v) is 0.960. The number of hydrogen-bond donors (Lipinski definition) is 0. The summed E-state index contributed by atoms with van der Waals surface area (Å²) < 4.78 is 0. The van der Waals surface area contributed by atoms with Gasteiger partial charge in [-0.2, -0.15) is 5.26 Å². The molecule has 12 heavy (non-hydrogen) atoms. The van der Waals surface area contributed by atoms with Gasteiger partial charge in [0.25, 0.3) is 5.24 Å². The average Bonchev–Trinajstić information content (AvgIpc) is 2.03. The molecule has 3 nitrogen and oxygen atoms in total. The Balaban J connectivity index is 3.32. The van der Waals surface area contributed by atoms with E-state index in [1.807, 2.05) is 6.07 Å². The number of aryl methyl sites for hydroxylation is 1. The lowest BCUT2D eigenvalue weighted by Gasteiger charge is -1.97. The topological polar surface area (TPSA) is 53.8 Å². The molecule has 1 aromatic heterocycles. The molecule has 60 valence electrons. The lowest BCUT2D eigenvalue weighted by molar-refractivity contribution is 0.108. The predicted molar refractivity (Wildman–Crippen MR) is 43.9 cm³/mol. The maximum Gasteiger partial charge on any atom is 0.255 e. The first-order valence-corrected chi connectivity index (χ1v) is 3.59. The number of nitriles is 1. The number of pyridine rings is 1. The summed E-state index contributed by atoms with van der Waals surface area (Å²) in [7, 11) is 0. The fraction of sp³-hybridized carbons (Fsp3) is 0.125. The van der Waals surface area contributed by atoms with Crippen LogP contribution in [0, 0.1) is 18.3 Å². The second kappa shape index (κ2) is 3.33. The van der Waals surface area contributed by atoms with E-state index in [4.69, 9.17) is 16.9 Å². The Morgan fingerprint density at radius 1 is 1.75 bits per heavy atom. The van der Waals surface area contributed by atoms with Gasteiger partial charge < -0.3 is 0 Å². The van der Waals surface area contributed by atoms with Crippen molar-refractivity contribution in [1.82, 2.24) is 4.98 Å². The molecule has 1 heterocycles. The minimum atomic E-state index is -0.654. The number of carbonyl (C=O) groups is 1. The van der Waals surface area contributed by atoms with Gasteiger partial charge in [-0.1, -0.05) is 0 Å². The first-order valence-electron chi connectivity index (χ1n) is 3.21. The highest BCUT2D eigenvalue weighted by Gasteiger charge is 2.08. The summed E-state index contributed by atoms with van der Waals surface area (Å²) in [6, 6.07) is 3.40. The van der Waals surface area contributed by atoms with Gasteiger partial charge in [0.2, 0.25) is 0 Å². The minimum absolute atomic E-state index is 0.157. The number of nitrogens with zero attached hydrogens (tertiary/aromatic N) is 2. The molecular formula is C8H5ClN2O. The molecule has 0 radical (unpaired) electrons. The molecule has 1 aromatic rings. The van der Waals surface area contributed by atoms with Gasteiger partial charge in [0.15, 0.2) is 0 Å². The molecule has 0 N–H and O–H groups in total. The van der Waals surface area contributed by atoms with Crippen LogP contribution >= 0.6 is 11.6 Å². The van der Waals surface area contributed by atoms with E-state index in [9.17, 15) is 4.79 Å². The smallest absolute Gasteiger partial charge is 0.255 e. The molecule has 0 aromatic carbocycles. The van der Waals surface area contributed by atoms with Gasteiger partial charge in [-0.15, -0.1) is 0 Å². The molecule has 0 saturated carbocycles. The molecule has 0 aliphatic rings. The number of halogens is 1. The maximum atomic E-state index is 10.7. The van der Waals surface area contributed by atoms with E-state index in [0.29, 0.717) is 5.69 Å². The Hall–Kier alpha value is -1.40. The molecule has 0 spiro atoms. The Labute approximate surface area is 74.6 Å². The second-order valence-corrected chi connectivity index (χ2v) is 2.60. The summed E-state index contributed by atoms with van der Waals surface area (Å²) in [6.07, 6.45) is 1.31. The Kier molecular flexibility index (Phi) is 2.41. The van der Waals surface area contributed by atoms with Crippen LogP contribution in [0.25, 0.3) is 0 Å². The van der Waals surface area contributed by atoms with Crippen molar-refractivity contribution in [3.8, 4) is 6.07 Å². The highest BCUT2D eigenvalue weighted by atomic mass is 35.5. The molecule has 1 rings (SSSR count). The van der Waals surface area contributed by atoms with Gasteiger partial charge in [0.1, 0.15) is 6.07 Å². The monoisotopic (exact) mass is 180 g/mol. The first kappa shape index (κ1) is 8.69. The van der Waals surface area contributed by atoms with Crippen LogP contribution in [-0.2, 0) is 0 Å². The van der Waals surface area contributed by atoms with Crippen molar-refractivity contribution < 1.29 is 4.79 Å². The SMILES string of the molecule is Cc1cc(C#N)c(C(=O)Cl)cn1. The highest BCUT2D eigenvalue weighted by molar-refractivity contribution is 6.68. The molecule has 0 aliphatic carbocycles. The van der Waals surface area contributed by atoms with Gasteiger partial charge in [0, 0.05) is 11.9 Å². The molecule has 0 bridgehead atoms. The van der Waals surface area contributed by atoms with E-state index in [0.717, 1.165) is 0 Å². The molecule has 4 heteroatoms. The van der Waals surface area contributed by atoms with Crippen LogP contribution in [-0.4, -0.2) is 10.2 Å². The average molecular weight is 181 g/mol. The molecular weight excluding hydrogens is 176 g/mol. The molecule has 0 atom stereocenters. The van der Waals surface area contributed by atoms with Crippen LogP contribution in [0.4, 0.5) is 0 Å². The van der Waals surface area contributed by atoms with E-state index in [-0.39, 0.29) is 11.1 Å². The number of rotatable bonds is 1. The van der Waals surface area contributed by atoms with Gasteiger partial charge in [-0.25, -0.2) is 0 Å². The first-order chi connectivity index (χ1) is 5.65. The van der Waals surface area contributed by atoms with Crippen LogP contribution in [0.15, 0.2) is 12.3 Å². The zero-order valence-corrected chi connectivity index (χ0v) is 7.09. The van der Waals surface area contributed by atoms with E-state index >= 15 is 0 Å². The van der Waals surface area contributed by atoms with Crippen LogP contribution in [0.5, 0.6) is 0 Å². The third kappa shape index (κ3) is 1.60. The van der Waals surface area contributed by atoms with E-state index in [2.05, 4.69) is 4.98 Å². The summed E-state index contributed by atoms with van der Waals surface area (Å²) in [5.41, 5.74) is 1.11. The van der Waals surface area contributed by atoms with Crippen molar-refractivity contribution in [3.63, 3.8) is 0 Å². The third-order valence-corrected chi connectivity index (χ3v) is 1.58. The summed E-state index contributed by atoms with van der Waals surface area (Å²) in [4.78, 5) is 14.6. The van der Waals surface area contributed by atoms with E-state index in [1.54, 1.807) is 6.92 Å². The summed E-state index contributed by atoms with van der Waals surface area (Å²) in [6.45, 7) is 1.74. The summed E-state index contributed by atoms with van der Waals surface area (Å²) in [5.74, 6) is 0. The van der Waals surface area contributed by atoms with Crippen LogP contribution in [0.3, 0.4) is 0 Å². The Morgan fingerprint density at radius 3 is 2.92 bits per heavy atom. The predicted octanol–water partition coefficient (Wildman–Crippen LogP) is 1.64. The zero-order chi connectivity index (χ0) is 9.14. The number of hydrogen-bond acceptors (Lipinski definition) is 3. The van der Waals surface area contributed by atoms with Gasteiger partial charge >= 0.3 is 0 Å². The van der Waals surface area contributed by atoms with Crippen molar-refractivity contribution in [3.05, 3.63) is 29.1 Å². The van der Waals surface area contributed by atoms with Crippen LogP contribution in [0.1, 0.15) is 21.6 Å².